The van der Waals surface area contributed by atoms with E-state index in [2.05, 4.69) is 0 Å². The lowest BCUT2D eigenvalue weighted by Crippen LogP contribution is -2.01. The maximum absolute atomic E-state index is 10.7. The summed E-state index contributed by atoms with van der Waals surface area (Å²) in [5, 5.41) is 8.81. The predicted molar refractivity (Wildman–Crippen MR) is 57.6 cm³/mol. The first-order valence-corrected chi connectivity index (χ1v) is 3.83. The molecule has 3 heteroatoms. The highest BCUT2D eigenvalue weighted by molar-refractivity contribution is 5.89. The van der Waals surface area contributed by atoms with Crippen LogP contribution >= 0.6 is 0 Å². The number of rotatable bonds is 1. The molecule has 2 nitrogen and oxygen atoms in total. The van der Waals surface area contributed by atoms with E-state index in [4.69, 9.17) is 5.11 Å². The van der Waals surface area contributed by atoms with E-state index in [1.54, 1.807) is 6.07 Å². The van der Waals surface area contributed by atoms with E-state index in [9.17, 15) is 4.79 Å². The van der Waals surface area contributed by atoms with Crippen molar-refractivity contribution >= 4 is 23.3 Å². The van der Waals surface area contributed by atoms with Crippen LogP contribution in [0.1, 0.15) is 27.0 Å². The molecule has 1 N–H and O–H groups in total. The molecule has 0 spiro atoms. The van der Waals surface area contributed by atoms with Gasteiger partial charge >= 0.3 is 5.97 Å². The third kappa shape index (κ3) is 2.58. The summed E-state index contributed by atoms with van der Waals surface area (Å²) < 4.78 is 0. The van der Waals surface area contributed by atoms with Crippen molar-refractivity contribution < 1.29 is 9.90 Å². The zero-order valence-electron chi connectivity index (χ0n) is 7.51. The van der Waals surface area contributed by atoms with Gasteiger partial charge in [0.2, 0.25) is 0 Å². The average molecular weight is 194 g/mol. The molecule has 0 unspecified atom stereocenters. The standard InChI is InChI=1S/C10H12O2.Al.3H/c1-6-4-7(2)8(3)9(5-6)10(11)12;;;;/h4-5H,1-3H3,(H,11,12);;;;. The second-order valence-electron chi connectivity index (χ2n) is 3.06. The molecule has 0 aliphatic rings. The first kappa shape index (κ1) is 12.2. The van der Waals surface area contributed by atoms with Crippen LogP contribution in [0.4, 0.5) is 0 Å². The Balaban J connectivity index is 0.00000144. The Morgan fingerprint density at radius 2 is 1.77 bits per heavy atom. The molecule has 1 aromatic rings. The quantitative estimate of drug-likeness (QED) is 0.680. The molecule has 0 radical (unpaired) electrons. The minimum absolute atomic E-state index is 0. The van der Waals surface area contributed by atoms with Gasteiger partial charge in [0, 0.05) is 0 Å². The van der Waals surface area contributed by atoms with E-state index in [1.807, 2.05) is 26.8 Å². The van der Waals surface area contributed by atoms with Crippen molar-refractivity contribution in [3.8, 4) is 0 Å². The van der Waals surface area contributed by atoms with Crippen LogP contribution in [-0.4, -0.2) is 28.4 Å². The molecule has 0 aliphatic carbocycles. The molecule has 1 rings (SSSR count). The Kier molecular flexibility index (Phi) is 4.19. The average Bonchev–Trinajstić information content (AvgIpc) is 1.96. The molecule has 0 saturated heterocycles. The molecule has 13 heavy (non-hydrogen) atoms. The Morgan fingerprint density at radius 3 is 2.23 bits per heavy atom. The fraction of sp³-hybridized carbons (Fsp3) is 0.300. The van der Waals surface area contributed by atoms with Gasteiger partial charge in [0.15, 0.2) is 17.4 Å². The van der Waals surface area contributed by atoms with E-state index in [0.29, 0.717) is 5.56 Å². The summed E-state index contributed by atoms with van der Waals surface area (Å²) in [6, 6.07) is 3.69. The number of hydrogen-bond acceptors (Lipinski definition) is 1. The third-order valence-corrected chi connectivity index (χ3v) is 2.04. The summed E-state index contributed by atoms with van der Waals surface area (Å²) in [7, 11) is 0. The Hall–Kier alpha value is -0.778. The zero-order valence-corrected chi connectivity index (χ0v) is 7.51. The Labute approximate surface area is 88.7 Å². The van der Waals surface area contributed by atoms with Crippen molar-refractivity contribution in [3.63, 3.8) is 0 Å². The van der Waals surface area contributed by atoms with Crippen LogP contribution in [-0.2, 0) is 0 Å². The number of aromatic carboxylic acids is 1. The molecule has 1 aromatic carbocycles. The van der Waals surface area contributed by atoms with Crippen molar-refractivity contribution in [1.29, 1.82) is 0 Å². The summed E-state index contributed by atoms with van der Waals surface area (Å²) in [6.07, 6.45) is 0. The van der Waals surface area contributed by atoms with E-state index in [1.165, 1.54) is 0 Å². The first-order chi connectivity index (χ1) is 5.52. The first-order valence-electron chi connectivity index (χ1n) is 3.83. The third-order valence-electron chi connectivity index (χ3n) is 2.04. The van der Waals surface area contributed by atoms with Crippen molar-refractivity contribution in [2.45, 2.75) is 20.8 Å². The summed E-state index contributed by atoms with van der Waals surface area (Å²) in [5.41, 5.74) is 3.29. The van der Waals surface area contributed by atoms with Crippen molar-refractivity contribution in [2.75, 3.05) is 0 Å². The van der Waals surface area contributed by atoms with Crippen LogP contribution in [0.5, 0.6) is 0 Å². The summed E-state index contributed by atoms with van der Waals surface area (Å²) >= 11 is 0. The number of hydrogen-bond donors (Lipinski definition) is 1. The van der Waals surface area contributed by atoms with Gasteiger partial charge in [-0.25, -0.2) is 4.79 Å². The predicted octanol–water partition coefficient (Wildman–Crippen LogP) is 1.13. The molecule has 0 aliphatic heterocycles. The second-order valence-corrected chi connectivity index (χ2v) is 3.06. The largest absolute Gasteiger partial charge is 0.478 e. The topological polar surface area (TPSA) is 37.3 Å². The van der Waals surface area contributed by atoms with Gasteiger partial charge in [-0.2, -0.15) is 0 Å². The number of carbonyl (C=O) groups is 1. The molecule has 0 atom stereocenters. The molecule has 0 amide bonds. The molecule has 0 fully saturated rings. The Bertz CT molecular complexity index is 332. The summed E-state index contributed by atoms with van der Waals surface area (Å²) in [5.74, 6) is -0.848. The van der Waals surface area contributed by atoms with Gasteiger partial charge in [0.05, 0.1) is 5.56 Å². The maximum Gasteiger partial charge on any atom is 0.335 e. The van der Waals surface area contributed by atoms with Crippen LogP contribution in [0.3, 0.4) is 0 Å². The minimum atomic E-state index is -0.848. The van der Waals surface area contributed by atoms with Crippen molar-refractivity contribution in [3.05, 3.63) is 34.4 Å². The highest BCUT2D eigenvalue weighted by atomic mass is 27.0. The number of benzene rings is 1. The SMILES string of the molecule is Cc1cc(C)c(C)c(C(=O)O)c1.[AlH3]. The van der Waals surface area contributed by atoms with Gasteiger partial charge in [-0.1, -0.05) is 6.07 Å². The lowest BCUT2D eigenvalue weighted by Gasteiger charge is -2.05. The van der Waals surface area contributed by atoms with Gasteiger partial charge in [-0.15, -0.1) is 0 Å². The molecule has 0 heterocycles. The minimum Gasteiger partial charge on any atom is -0.478 e. The monoisotopic (exact) mass is 194 g/mol. The van der Waals surface area contributed by atoms with Gasteiger partial charge in [0.1, 0.15) is 0 Å². The van der Waals surface area contributed by atoms with E-state index in [0.717, 1.165) is 16.7 Å². The molecule has 0 saturated carbocycles. The highest BCUT2D eigenvalue weighted by Gasteiger charge is 2.08. The van der Waals surface area contributed by atoms with E-state index >= 15 is 0 Å². The normalized spacial score (nSPS) is 9.15. The fourth-order valence-corrected chi connectivity index (χ4v) is 1.26. The smallest absolute Gasteiger partial charge is 0.335 e. The van der Waals surface area contributed by atoms with Gasteiger partial charge in [-0.3, -0.25) is 0 Å². The molecular weight excluding hydrogens is 179 g/mol. The number of aryl methyl sites for hydroxylation is 2. The van der Waals surface area contributed by atoms with Gasteiger partial charge in [0.25, 0.3) is 0 Å². The fourth-order valence-electron chi connectivity index (χ4n) is 1.26. The molecule has 0 aromatic heterocycles. The molecule has 0 bridgehead atoms. The van der Waals surface area contributed by atoms with Gasteiger partial charge < -0.3 is 5.11 Å². The number of carboxylic acid groups (broad SMARTS) is 1. The van der Waals surface area contributed by atoms with Crippen LogP contribution < -0.4 is 0 Å². The lowest BCUT2D eigenvalue weighted by molar-refractivity contribution is 0.0696. The van der Waals surface area contributed by atoms with Crippen LogP contribution in [0.25, 0.3) is 0 Å². The van der Waals surface area contributed by atoms with Crippen LogP contribution in [0.15, 0.2) is 12.1 Å². The van der Waals surface area contributed by atoms with Crippen LogP contribution in [0.2, 0.25) is 0 Å². The Morgan fingerprint density at radius 1 is 1.23 bits per heavy atom. The summed E-state index contributed by atoms with van der Waals surface area (Å²) in [4.78, 5) is 10.7. The lowest BCUT2D eigenvalue weighted by atomic mass is 10.0. The van der Waals surface area contributed by atoms with E-state index < -0.39 is 5.97 Å². The van der Waals surface area contributed by atoms with Gasteiger partial charge in [-0.05, 0) is 43.5 Å². The highest BCUT2D eigenvalue weighted by Crippen LogP contribution is 2.15. The summed E-state index contributed by atoms with van der Waals surface area (Å²) in [6.45, 7) is 5.66. The molecule has 70 valence electrons. The maximum atomic E-state index is 10.7. The second kappa shape index (κ2) is 4.46. The number of carboxylic acids is 1. The zero-order chi connectivity index (χ0) is 9.30. The van der Waals surface area contributed by atoms with Crippen LogP contribution in [0, 0.1) is 20.8 Å². The molecular formula is C10H15AlO2. The van der Waals surface area contributed by atoms with E-state index in [-0.39, 0.29) is 17.4 Å². The van der Waals surface area contributed by atoms with Crippen molar-refractivity contribution in [1.82, 2.24) is 0 Å². The van der Waals surface area contributed by atoms with Crippen molar-refractivity contribution in [2.24, 2.45) is 0 Å².